The summed E-state index contributed by atoms with van der Waals surface area (Å²) in [5.74, 6) is -0.646. The van der Waals surface area contributed by atoms with E-state index in [9.17, 15) is 18.0 Å². The Morgan fingerprint density at radius 3 is 2.19 bits per heavy atom. The maximum Gasteiger partial charge on any atom is 0.330 e. The van der Waals surface area contributed by atoms with Crippen LogP contribution in [0, 0.1) is 5.41 Å². The molecule has 42 heavy (non-hydrogen) atoms. The molecule has 0 aliphatic heterocycles. The van der Waals surface area contributed by atoms with Crippen molar-refractivity contribution in [3.8, 4) is 0 Å². The fourth-order valence-corrected chi connectivity index (χ4v) is 7.48. The zero-order chi connectivity index (χ0) is 32.2. The van der Waals surface area contributed by atoms with Crippen LogP contribution in [-0.2, 0) is 38.7 Å². The first kappa shape index (κ1) is 38.1. The summed E-state index contributed by atoms with van der Waals surface area (Å²) in [5, 5.41) is 0.0249. The molecular weight excluding hydrogens is 569 g/mol. The molecule has 240 valence electrons. The molecule has 0 radical (unpaired) electrons. The average molecular weight is 625 g/mol. The number of rotatable bonds is 18. The van der Waals surface area contributed by atoms with E-state index in [2.05, 4.69) is 33.9 Å². The minimum absolute atomic E-state index is 0.0104. The van der Waals surface area contributed by atoms with Crippen LogP contribution >= 0.6 is 0 Å². The summed E-state index contributed by atoms with van der Waals surface area (Å²) in [5.41, 5.74) is 0.184. The molecule has 0 spiro atoms. The largest absolute Gasteiger partial charge is 0.465 e. The summed E-state index contributed by atoms with van der Waals surface area (Å²) in [4.78, 5) is 25.2. The number of ether oxygens (including phenoxy) is 2. The molecule has 1 aromatic rings. The van der Waals surface area contributed by atoms with Crippen LogP contribution in [0.15, 0.2) is 30.3 Å². The van der Waals surface area contributed by atoms with Crippen molar-refractivity contribution in [1.82, 2.24) is 0 Å². The molecule has 0 aliphatic rings. The van der Waals surface area contributed by atoms with Crippen LogP contribution in [0.2, 0.25) is 18.1 Å². The number of sulfone groups is 1. The van der Waals surface area contributed by atoms with E-state index in [0.717, 1.165) is 24.0 Å². The predicted octanol–water partition coefficient (Wildman–Crippen LogP) is 7.50. The van der Waals surface area contributed by atoms with Crippen molar-refractivity contribution in [2.45, 2.75) is 111 Å². The summed E-state index contributed by atoms with van der Waals surface area (Å²) in [7, 11) is -5.33. The number of carbonyl (C=O) groups excluding carboxylic acids is 2. The molecule has 0 amide bonds. The first-order valence-electron chi connectivity index (χ1n) is 15.3. The highest BCUT2D eigenvalue weighted by Crippen LogP contribution is 2.37. The number of unbranched alkanes of at least 4 members (excludes halogenated alkanes) is 1. The van der Waals surface area contributed by atoms with Gasteiger partial charge in [0.15, 0.2) is 18.2 Å². The van der Waals surface area contributed by atoms with Gasteiger partial charge in [-0.3, -0.25) is 4.79 Å². The highest BCUT2D eigenvalue weighted by Gasteiger charge is 2.39. The zero-order valence-electron chi connectivity index (χ0n) is 27.8. The smallest absolute Gasteiger partial charge is 0.330 e. The monoisotopic (exact) mass is 624 g/mol. The van der Waals surface area contributed by atoms with E-state index in [1.807, 2.05) is 52.0 Å². The molecule has 0 saturated carbocycles. The van der Waals surface area contributed by atoms with Crippen LogP contribution in [-0.4, -0.2) is 60.0 Å². The van der Waals surface area contributed by atoms with Crippen LogP contribution in [0.3, 0.4) is 0 Å². The van der Waals surface area contributed by atoms with E-state index >= 15 is 0 Å². The Morgan fingerprint density at radius 2 is 1.60 bits per heavy atom. The van der Waals surface area contributed by atoms with Crippen LogP contribution in [0.1, 0.15) is 98.6 Å². The van der Waals surface area contributed by atoms with Crippen molar-refractivity contribution >= 4 is 36.2 Å². The number of hydrogen-bond donors (Lipinski definition) is 0. The molecule has 9 heteroatoms. The molecule has 0 unspecified atom stereocenters. The van der Waals surface area contributed by atoms with Crippen molar-refractivity contribution in [3.63, 3.8) is 0 Å². The molecular formula is C33H56O7SSi. The quantitative estimate of drug-likeness (QED) is 0.0722. The van der Waals surface area contributed by atoms with Crippen molar-refractivity contribution in [2.24, 2.45) is 5.41 Å². The van der Waals surface area contributed by atoms with Gasteiger partial charge in [-0.15, -0.1) is 0 Å². The SMILES string of the molecule is CCCCOC(=O)[C@](C)(CCCC(C)(C)CS(=O)(=O)CCO[Si](C)(C)C(C)(C)C)c1cccc(/C=C/C(=O)OCC)c1. The molecule has 1 atom stereocenters. The molecule has 0 aliphatic carbocycles. The number of esters is 2. The van der Waals surface area contributed by atoms with Gasteiger partial charge in [-0.05, 0) is 73.9 Å². The number of hydrogen-bond acceptors (Lipinski definition) is 7. The van der Waals surface area contributed by atoms with E-state index in [4.69, 9.17) is 13.9 Å². The van der Waals surface area contributed by atoms with Gasteiger partial charge in [0.05, 0.1) is 30.1 Å². The Balaban J connectivity index is 3.01. The van der Waals surface area contributed by atoms with Crippen LogP contribution in [0.5, 0.6) is 0 Å². The van der Waals surface area contributed by atoms with E-state index in [0.29, 0.717) is 32.5 Å². The Hall–Kier alpha value is -1.97. The lowest BCUT2D eigenvalue weighted by atomic mass is 9.76. The molecule has 0 bridgehead atoms. The molecule has 0 aromatic heterocycles. The summed E-state index contributed by atoms with van der Waals surface area (Å²) >= 11 is 0. The van der Waals surface area contributed by atoms with Gasteiger partial charge in [0.2, 0.25) is 0 Å². The van der Waals surface area contributed by atoms with Crippen LogP contribution in [0.4, 0.5) is 0 Å². The molecule has 1 aromatic carbocycles. The van der Waals surface area contributed by atoms with Gasteiger partial charge in [-0.1, -0.05) is 78.6 Å². The van der Waals surface area contributed by atoms with Gasteiger partial charge < -0.3 is 13.9 Å². The van der Waals surface area contributed by atoms with Crippen LogP contribution in [0.25, 0.3) is 6.08 Å². The minimum Gasteiger partial charge on any atom is -0.465 e. The van der Waals surface area contributed by atoms with Crippen molar-refractivity contribution in [1.29, 1.82) is 0 Å². The fraction of sp³-hybridized carbons (Fsp3) is 0.697. The number of carbonyl (C=O) groups is 2. The van der Waals surface area contributed by atoms with Gasteiger partial charge in [-0.25, -0.2) is 13.2 Å². The Kier molecular flexibility index (Phi) is 14.7. The maximum atomic E-state index is 13.4. The van der Waals surface area contributed by atoms with E-state index < -0.39 is 35.0 Å². The third-order valence-corrected chi connectivity index (χ3v) is 14.8. The predicted molar refractivity (Wildman–Crippen MR) is 175 cm³/mol. The third kappa shape index (κ3) is 12.7. The molecule has 1 rings (SSSR count). The first-order chi connectivity index (χ1) is 19.3. The lowest BCUT2D eigenvalue weighted by Gasteiger charge is -2.36. The highest BCUT2D eigenvalue weighted by atomic mass is 32.2. The highest BCUT2D eigenvalue weighted by molar-refractivity contribution is 7.91. The van der Waals surface area contributed by atoms with Gasteiger partial charge in [0.25, 0.3) is 0 Å². The second-order valence-corrected chi connectivity index (χ2v) is 20.7. The van der Waals surface area contributed by atoms with Gasteiger partial charge >= 0.3 is 11.9 Å². The second-order valence-electron chi connectivity index (χ2n) is 13.8. The summed E-state index contributed by atoms with van der Waals surface area (Å²) in [6.07, 6.45) is 6.53. The summed E-state index contributed by atoms with van der Waals surface area (Å²) < 4.78 is 42.8. The summed E-state index contributed by atoms with van der Waals surface area (Å²) in [6, 6.07) is 7.53. The van der Waals surface area contributed by atoms with Gasteiger partial charge in [0.1, 0.15) is 0 Å². The molecule has 0 N–H and O–H groups in total. The van der Waals surface area contributed by atoms with Crippen LogP contribution < -0.4 is 0 Å². The topological polar surface area (TPSA) is 96.0 Å². The first-order valence-corrected chi connectivity index (χ1v) is 20.0. The lowest BCUT2D eigenvalue weighted by Crippen LogP contribution is -2.42. The van der Waals surface area contributed by atoms with E-state index in [1.54, 1.807) is 13.0 Å². The average Bonchev–Trinajstić information content (AvgIpc) is 2.86. The molecule has 0 fully saturated rings. The van der Waals surface area contributed by atoms with Gasteiger partial charge in [0, 0.05) is 12.7 Å². The van der Waals surface area contributed by atoms with Crippen molar-refractivity contribution in [3.05, 3.63) is 41.5 Å². The zero-order valence-corrected chi connectivity index (χ0v) is 29.6. The Morgan fingerprint density at radius 1 is 0.929 bits per heavy atom. The van der Waals surface area contributed by atoms with Gasteiger partial charge in [-0.2, -0.15) is 0 Å². The van der Waals surface area contributed by atoms with E-state index in [-0.39, 0.29) is 29.1 Å². The second kappa shape index (κ2) is 16.2. The molecule has 0 saturated heterocycles. The number of benzene rings is 1. The Labute approximate surface area is 256 Å². The normalized spacial score (nSPS) is 14.5. The molecule has 0 heterocycles. The van der Waals surface area contributed by atoms with E-state index in [1.165, 1.54) is 6.08 Å². The standard InChI is InChI=1S/C33H56O7SSi/c1-11-13-22-39-30(35)33(8,28-17-14-16-27(25-28)18-19-29(34)38-12-2)21-15-20-32(6,7)26-41(36,37)24-23-40-42(9,10)31(3,4)5/h14,16-19,25H,11-13,15,20-24,26H2,1-10H3/b19-18+/t33-/m1/s1. The maximum absolute atomic E-state index is 13.4. The summed E-state index contributed by atoms with van der Waals surface area (Å²) in [6.45, 7) is 21.2. The molecule has 7 nitrogen and oxygen atoms in total. The fourth-order valence-electron chi connectivity index (χ4n) is 4.47. The minimum atomic E-state index is -3.32. The lowest BCUT2D eigenvalue weighted by molar-refractivity contribution is -0.150. The van der Waals surface area contributed by atoms with Crippen molar-refractivity contribution < 1.29 is 31.9 Å². The Bertz CT molecular complexity index is 1150. The van der Waals surface area contributed by atoms with Crippen molar-refractivity contribution in [2.75, 3.05) is 31.3 Å². The third-order valence-electron chi connectivity index (χ3n) is 8.21.